The molecule has 2 aromatic heterocycles. The summed E-state index contributed by atoms with van der Waals surface area (Å²) in [5.41, 5.74) is 2.47. The van der Waals surface area contributed by atoms with Gasteiger partial charge in [-0.2, -0.15) is 5.10 Å². The number of hydrogen-bond acceptors (Lipinski definition) is 6. The molecule has 0 spiro atoms. The maximum atomic E-state index is 13.7. The lowest BCUT2D eigenvalue weighted by Crippen LogP contribution is -2.13. The maximum Gasteiger partial charge on any atom is 0.277 e. The molecule has 0 saturated carbocycles. The van der Waals surface area contributed by atoms with E-state index in [1.54, 1.807) is 24.1 Å². The minimum absolute atomic E-state index is 0.214. The predicted molar refractivity (Wildman–Crippen MR) is 109 cm³/mol. The molecule has 2 aromatic carbocycles. The standard InChI is InChI=1S/C20H17FN4O3S/c1-11-4-5-15(27-2)14(8-11)25-7-6-13(24-25)19(26)23-20-22-18-16(28-3)9-12(21)10-17(18)29-20/h4-10H,1-3H3,(H,22,23,26). The molecule has 148 valence electrons. The third-order valence-electron chi connectivity index (χ3n) is 4.27. The summed E-state index contributed by atoms with van der Waals surface area (Å²) >= 11 is 1.16. The smallest absolute Gasteiger partial charge is 0.277 e. The molecule has 29 heavy (non-hydrogen) atoms. The van der Waals surface area contributed by atoms with Crippen molar-refractivity contribution in [2.24, 2.45) is 0 Å². The molecule has 9 heteroatoms. The van der Waals surface area contributed by atoms with E-state index in [0.29, 0.717) is 26.8 Å². The summed E-state index contributed by atoms with van der Waals surface area (Å²) in [6.45, 7) is 1.96. The van der Waals surface area contributed by atoms with Crippen molar-refractivity contribution in [1.29, 1.82) is 0 Å². The van der Waals surface area contributed by atoms with Crippen molar-refractivity contribution in [2.45, 2.75) is 6.92 Å². The van der Waals surface area contributed by atoms with Gasteiger partial charge in [-0.05, 0) is 36.8 Å². The molecule has 0 fully saturated rings. The number of benzene rings is 2. The van der Waals surface area contributed by atoms with Crippen LogP contribution in [-0.2, 0) is 0 Å². The fourth-order valence-corrected chi connectivity index (χ4v) is 3.80. The number of ether oxygens (including phenoxy) is 2. The van der Waals surface area contributed by atoms with Crippen molar-refractivity contribution in [3.8, 4) is 17.2 Å². The number of amides is 1. The van der Waals surface area contributed by atoms with Gasteiger partial charge in [0.05, 0.1) is 18.9 Å². The molecule has 0 bridgehead atoms. The van der Waals surface area contributed by atoms with Crippen molar-refractivity contribution in [3.63, 3.8) is 0 Å². The Balaban J connectivity index is 1.61. The van der Waals surface area contributed by atoms with Crippen LogP contribution in [-0.4, -0.2) is 34.9 Å². The van der Waals surface area contributed by atoms with E-state index < -0.39 is 11.7 Å². The Kier molecular flexibility index (Phi) is 4.89. The monoisotopic (exact) mass is 412 g/mol. The van der Waals surface area contributed by atoms with Gasteiger partial charge in [-0.3, -0.25) is 10.1 Å². The van der Waals surface area contributed by atoms with E-state index in [0.717, 1.165) is 22.6 Å². The van der Waals surface area contributed by atoms with E-state index in [-0.39, 0.29) is 5.69 Å². The summed E-state index contributed by atoms with van der Waals surface area (Å²) in [7, 11) is 3.02. The van der Waals surface area contributed by atoms with Crippen LogP contribution in [0, 0.1) is 12.7 Å². The van der Waals surface area contributed by atoms with Crippen LogP contribution in [0.25, 0.3) is 15.9 Å². The molecule has 4 rings (SSSR count). The van der Waals surface area contributed by atoms with Gasteiger partial charge in [-0.25, -0.2) is 14.1 Å². The molecular weight excluding hydrogens is 395 g/mol. The van der Waals surface area contributed by atoms with Crippen molar-refractivity contribution in [3.05, 3.63) is 59.7 Å². The number of thiazole rings is 1. The quantitative estimate of drug-likeness (QED) is 0.532. The Bertz CT molecular complexity index is 1220. The third kappa shape index (κ3) is 3.64. The number of aromatic nitrogens is 3. The molecule has 1 N–H and O–H groups in total. The zero-order chi connectivity index (χ0) is 20.5. The minimum Gasteiger partial charge on any atom is -0.494 e. The van der Waals surface area contributed by atoms with Gasteiger partial charge in [0.15, 0.2) is 10.8 Å². The Morgan fingerprint density at radius 1 is 1.14 bits per heavy atom. The SMILES string of the molecule is COc1ccc(C)cc1-n1ccc(C(=O)Nc2nc3c(OC)cc(F)cc3s2)n1. The second-order valence-electron chi connectivity index (χ2n) is 6.25. The van der Waals surface area contributed by atoms with Gasteiger partial charge in [-0.15, -0.1) is 0 Å². The molecule has 0 atom stereocenters. The van der Waals surface area contributed by atoms with Gasteiger partial charge in [0, 0.05) is 12.3 Å². The number of anilines is 1. The average Bonchev–Trinajstić information content (AvgIpc) is 3.34. The number of carbonyl (C=O) groups excluding carboxylic acids is 1. The van der Waals surface area contributed by atoms with Gasteiger partial charge in [0.1, 0.15) is 28.5 Å². The number of methoxy groups -OCH3 is 2. The Morgan fingerprint density at radius 2 is 1.93 bits per heavy atom. The van der Waals surface area contributed by atoms with Crippen molar-refractivity contribution < 1.29 is 18.7 Å². The normalized spacial score (nSPS) is 10.9. The highest BCUT2D eigenvalue weighted by Crippen LogP contribution is 2.33. The molecule has 0 unspecified atom stereocenters. The molecule has 0 radical (unpaired) electrons. The van der Waals surface area contributed by atoms with E-state index in [9.17, 15) is 9.18 Å². The van der Waals surface area contributed by atoms with E-state index in [2.05, 4.69) is 15.4 Å². The van der Waals surface area contributed by atoms with Gasteiger partial charge in [0.2, 0.25) is 0 Å². The molecule has 7 nitrogen and oxygen atoms in total. The molecule has 0 aliphatic carbocycles. The molecule has 4 aromatic rings. The summed E-state index contributed by atoms with van der Waals surface area (Å²) in [6, 6.07) is 9.91. The van der Waals surface area contributed by atoms with E-state index in [1.807, 2.05) is 25.1 Å². The summed E-state index contributed by atoms with van der Waals surface area (Å²) in [4.78, 5) is 17.0. The van der Waals surface area contributed by atoms with Crippen LogP contribution in [0.15, 0.2) is 42.6 Å². The third-order valence-corrected chi connectivity index (χ3v) is 5.19. The first-order chi connectivity index (χ1) is 14.0. The Hall–Kier alpha value is -3.46. The van der Waals surface area contributed by atoms with Crippen molar-refractivity contribution in [1.82, 2.24) is 14.8 Å². The second kappa shape index (κ2) is 7.51. The van der Waals surface area contributed by atoms with Crippen molar-refractivity contribution in [2.75, 3.05) is 19.5 Å². The van der Waals surface area contributed by atoms with Crippen LogP contribution in [0.2, 0.25) is 0 Å². The average molecular weight is 412 g/mol. The van der Waals surface area contributed by atoms with Crippen LogP contribution in [0.3, 0.4) is 0 Å². The van der Waals surface area contributed by atoms with E-state index in [1.165, 1.54) is 19.2 Å². The molecular formula is C20H17FN4O3S. The fraction of sp³-hybridized carbons (Fsp3) is 0.150. The van der Waals surface area contributed by atoms with Crippen LogP contribution >= 0.6 is 11.3 Å². The van der Waals surface area contributed by atoms with Crippen LogP contribution in [0.4, 0.5) is 9.52 Å². The number of fused-ring (bicyclic) bond motifs is 1. The minimum atomic E-state index is -0.429. The van der Waals surface area contributed by atoms with E-state index >= 15 is 0 Å². The first kappa shape index (κ1) is 18.9. The lowest BCUT2D eigenvalue weighted by molar-refractivity contribution is 0.102. The second-order valence-corrected chi connectivity index (χ2v) is 7.28. The fourth-order valence-electron chi connectivity index (χ4n) is 2.90. The van der Waals surface area contributed by atoms with Gasteiger partial charge >= 0.3 is 0 Å². The number of hydrogen-bond donors (Lipinski definition) is 1. The number of carbonyl (C=O) groups is 1. The highest BCUT2D eigenvalue weighted by atomic mass is 32.1. The lowest BCUT2D eigenvalue weighted by atomic mass is 10.2. The molecule has 0 saturated heterocycles. The number of nitrogens with one attached hydrogen (secondary N) is 1. The van der Waals surface area contributed by atoms with Gasteiger partial charge in [0.25, 0.3) is 5.91 Å². The maximum absolute atomic E-state index is 13.7. The van der Waals surface area contributed by atoms with Gasteiger partial charge < -0.3 is 9.47 Å². The van der Waals surface area contributed by atoms with Crippen LogP contribution in [0.1, 0.15) is 16.1 Å². The highest BCUT2D eigenvalue weighted by Gasteiger charge is 2.16. The largest absolute Gasteiger partial charge is 0.494 e. The Morgan fingerprint density at radius 3 is 2.69 bits per heavy atom. The van der Waals surface area contributed by atoms with Crippen LogP contribution in [0.5, 0.6) is 11.5 Å². The number of halogens is 1. The van der Waals surface area contributed by atoms with E-state index in [4.69, 9.17) is 9.47 Å². The summed E-state index contributed by atoms with van der Waals surface area (Å²) in [6.07, 6.45) is 1.68. The predicted octanol–water partition coefficient (Wildman–Crippen LogP) is 4.20. The number of rotatable bonds is 5. The molecule has 1 amide bonds. The summed E-state index contributed by atoms with van der Waals surface area (Å²) < 4.78 is 26.4. The molecule has 0 aliphatic rings. The number of aryl methyl sites for hydroxylation is 1. The van der Waals surface area contributed by atoms with Gasteiger partial charge in [-0.1, -0.05) is 17.4 Å². The highest BCUT2D eigenvalue weighted by molar-refractivity contribution is 7.22. The summed E-state index contributed by atoms with van der Waals surface area (Å²) in [5.74, 6) is 0.106. The number of nitrogens with zero attached hydrogens (tertiary/aromatic N) is 3. The first-order valence-electron chi connectivity index (χ1n) is 8.64. The van der Waals surface area contributed by atoms with Crippen molar-refractivity contribution >= 4 is 32.6 Å². The topological polar surface area (TPSA) is 78.3 Å². The molecule has 2 heterocycles. The first-order valence-corrected chi connectivity index (χ1v) is 9.46. The summed E-state index contributed by atoms with van der Waals surface area (Å²) in [5, 5.41) is 7.38. The Labute approximate surface area is 169 Å². The zero-order valence-corrected chi connectivity index (χ0v) is 16.7. The zero-order valence-electron chi connectivity index (χ0n) is 15.9. The lowest BCUT2D eigenvalue weighted by Gasteiger charge is -2.09. The molecule has 0 aliphatic heterocycles. The van der Waals surface area contributed by atoms with Crippen LogP contribution < -0.4 is 14.8 Å².